The van der Waals surface area contributed by atoms with E-state index in [1.807, 2.05) is 25.1 Å². The molecule has 0 spiro atoms. The number of hydrogen-bond acceptors (Lipinski definition) is 6. The summed E-state index contributed by atoms with van der Waals surface area (Å²) in [5, 5.41) is 11.5. The minimum Gasteiger partial charge on any atom is -0.388 e. The third kappa shape index (κ3) is 5.70. The molecule has 2 aromatic heterocycles. The Bertz CT molecular complexity index is 962. The Morgan fingerprint density at radius 2 is 1.93 bits per heavy atom. The van der Waals surface area contributed by atoms with Gasteiger partial charge in [0.15, 0.2) is 11.0 Å². The third-order valence-electron chi connectivity index (χ3n) is 3.64. The smallest absolute Gasteiger partial charge is 0.388 e. The zero-order chi connectivity index (χ0) is 20.9. The molecule has 1 amide bonds. The number of nitrogens with zero attached hydrogens (tertiary/aromatic N) is 4. The van der Waals surface area contributed by atoms with Crippen molar-refractivity contribution < 1.29 is 22.7 Å². The van der Waals surface area contributed by atoms with Gasteiger partial charge in [-0.15, -0.1) is 23.4 Å². The number of alkyl halides is 3. The first-order chi connectivity index (χ1) is 13.9. The van der Waals surface area contributed by atoms with Crippen molar-refractivity contribution in [2.75, 3.05) is 11.1 Å². The third-order valence-corrected chi connectivity index (χ3v) is 4.60. The standard InChI is InChI=1S/C18H16F3N5O2S/c1-2-26-16(12-8-9-15(22-10-12)28-18(19,20)21)24-25-17(26)29-11-14(27)23-13-6-4-3-5-7-13/h3-10H,2,11H2,1H3,(H,23,27). The van der Waals surface area contributed by atoms with Crippen molar-refractivity contribution in [3.63, 3.8) is 0 Å². The summed E-state index contributed by atoms with van der Waals surface area (Å²) in [6, 6.07) is 11.6. The van der Waals surface area contributed by atoms with Crippen LogP contribution in [-0.2, 0) is 11.3 Å². The highest BCUT2D eigenvalue weighted by atomic mass is 32.2. The number of aromatic nitrogens is 4. The molecule has 29 heavy (non-hydrogen) atoms. The van der Waals surface area contributed by atoms with E-state index >= 15 is 0 Å². The molecule has 11 heteroatoms. The molecular weight excluding hydrogens is 407 g/mol. The molecule has 7 nitrogen and oxygen atoms in total. The summed E-state index contributed by atoms with van der Waals surface area (Å²) in [4.78, 5) is 15.8. The molecule has 0 radical (unpaired) electrons. The fourth-order valence-electron chi connectivity index (χ4n) is 2.43. The zero-order valence-corrected chi connectivity index (χ0v) is 16.0. The van der Waals surface area contributed by atoms with Crippen LogP contribution < -0.4 is 10.1 Å². The van der Waals surface area contributed by atoms with Crippen molar-refractivity contribution >= 4 is 23.4 Å². The maximum Gasteiger partial charge on any atom is 0.574 e. The number of hydrogen-bond donors (Lipinski definition) is 1. The van der Waals surface area contributed by atoms with Crippen LogP contribution in [0, 0.1) is 0 Å². The molecule has 0 unspecified atom stereocenters. The van der Waals surface area contributed by atoms with Crippen molar-refractivity contribution in [1.29, 1.82) is 0 Å². The summed E-state index contributed by atoms with van der Waals surface area (Å²) >= 11 is 1.21. The van der Waals surface area contributed by atoms with Crippen molar-refractivity contribution in [3.8, 4) is 17.3 Å². The molecule has 0 aliphatic heterocycles. The van der Waals surface area contributed by atoms with Crippen LogP contribution in [0.5, 0.6) is 5.88 Å². The number of carbonyl (C=O) groups excluding carboxylic acids is 1. The summed E-state index contributed by atoms with van der Waals surface area (Å²) in [7, 11) is 0. The lowest BCUT2D eigenvalue weighted by Crippen LogP contribution is -2.17. The van der Waals surface area contributed by atoms with Crippen LogP contribution in [-0.4, -0.2) is 37.8 Å². The monoisotopic (exact) mass is 423 g/mol. The lowest BCUT2D eigenvalue weighted by atomic mass is 10.2. The highest BCUT2D eigenvalue weighted by molar-refractivity contribution is 7.99. The molecule has 0 saturated carbocycles. The number of amides is 1. The van der Waals surface area contributed by atoms with Crippen LogP contribution in [0.4, 0.5) is 18.9 Å². The Morgan fingerprint density at radius 3 is 2.55 bits per heavy atom. The van der Waals surface area contributed by atoms with E-state index in [1.165, 1.54) is 24.0 Å². The molecule has 0 aliphatic rings. The molecule has 3 rings (SSSR count). The van der Waals surface area contributed by atoms with Gasteiger partial charge in [0, 0.05) is 30.1 Å². The van der Waals surface area contributed by atoms with Crippen LogP contribution >= 0.6 is 11.8 Å². The number of thioether (sulfide) groups is 1. The van der Waals surface area contributed by atoms with E-state index in [0.29, 0.717) is 28.8 Å². The largest absolute Gasteiger partial charge is 0.574 e. The van der Waals surface area contributed by atoms with Gasteiger partial charge in [-0.3, -0.25) is 4.79 Å². The van der Waals surface area contributed by atoms with Crippen LogP contribution in [0.25, 0.3) is 11.4 Å². The molecule has 0 saturated heterocycles. The Labute approximate surface area is 168 Å². The van der Waals surface area contributed by atoms with Crippen molar-refractivity contribution in [2.45, 2.75) is 25.0 Å². The number of nitrogens with one attached hydrogen (secondary N) is 1. The molecule has 0 aliphatic carbocycles. The maximum absolute atomic E-state index is 12.3. The molecule has 3 aromatic rings. The van der Waals surface area contributed by atoms with E-state index in [4.69, 9.17) is 0 Å². The van der Waals surface area contributed by atoms with Gasteiger partial charge in [-0.05, 0) is 25.1 Å². The minimum absolute atomic E-state index is 0.129. The molecule has 0 atom stereocenters. The number of carbonyl (C=O) groups is 1. The van der Waals surface area contributed by atoms with Gasteiger partial charge in [-0.1, -0.05) is 30.0 Å². The maximum atomic E-state index is 12.3. The highest BCUT2D eigenvalue weighted by Crippen LogP contribution is 2.26. The number of rotatable bonds is 7. The number of benzene rings is 1. The lowest BCUT2D eigenvalue weighted by Gasteiger charge is -2.09. The van der Waals surface area contributed by atoms with Crippen LogP contribution in [0.2, 0.25) is 0 Å². The summed E-state index contributed by atoms with van der Waals surface area (Å²) in [5.74, 6) is -0.187. The first-order valence-corrected chi connectivity index (χ1v) is 9.47. The quantitative estimate of drug-likeness (QED) is 0.579. The van der Waals surface area contributed by atoms with E-state index in [9.17, 15) is 18.0 Å². The van der Waals surface area contributed by atoms with E-state index in [2.05, 4.69) is 25.2 Å². The number of halogens is 3. The van der Waals surface area contributed by atoms with Crippen LogP contribution in [0.1, 0.15) is 6.92 Å². The van der Waals surface area contributed by atoms with Gasteiger partial charge in [-0.25, -0.2) is 4.98 Å². The summed E-state index contributed by atoms with van der Waals surface area (Å²) in [6.07, 6.45) is -3.57. The Hall–Kier alpha value is -3.08. The second-order valence-electron chi connectivity index (χ2n) is 5.69. The molecule has 152 valence electrons. The van der Waals surface area contributed by atoms with Gasteiger partial charge in [-0.2, -0.15) is 0 Å². The molecule has 2 heterocycles. The highest BCUT2D eigenvalue weighted by Gasteiger charge is 2.31. The fourth-order valence-corrected chi connectivity index (χ4v) is 3.24. The molecule has 0 fully saturated rings. The van der Waals surface area contributed by atoms with Gasteiger partial charge in [0.05, 0.1) is 5.75 Å². The number of anilines is 1. The van der Waals surface area contributed by atoms with Gasteiger partial charge in [0.25, 0.3) is 0 Å². The second kappa shape index (κ2) is 8.95. The normalized spacial score (nSPS) is 11.3. The van der Waals surface area contributed by atoms with Crippen LogP contribution in [0.3, 0.4) is 0 Å². The van der Waals surface area contributed by atoms with Crippen LogP contribution in [0.15, 0.2) is 53.8 Å². The first kappa shape index (κ1) is 20.6. The number of para-hydroxylation sites is 1. The Kier molecular flexibility index (Phi) is 6.37. The molecule has 1 N–H and O–H groups in total. The van der Waals surface area contributed by atoms with E-state index in [0.717, 1.165) is 6.07 Å². The predicted molar refractivity (Wildman–Crippen MR) is 101 cm³/mol. The topological polar surface area (TPSA) is 81.9 Å². The first-order valence-electron chi connectivity index (χ1n) is 8.49. The molecule has 0 bridgehead atoms. The molecule has 1 aromatic carbocycles. The van der Waals surface area contributed by atoms with Crippen molar-refractivity contribution in [3.05, 3.63) is 48.7 Å². The lowest BCUT2D eigenvalue weighted by molar-refractivity contribution is -0.276. The Balaban J connectivity index is 1.67. The number of pyridine rings is 1. The predicted octanol–water partition coefficient (Wildman–Crippen LogP) is 3.99. The van der Waals surface area contributed by atoms with Gasteiger partial charge >= 0.3 is 6.36 Å². The van der Waals surface area contributed by atoms with E-state index < -0.39 is 12.2 Å². The van der Waals surface area contributed by atoms with Gasteiger partial charge in [0.2, 0.25) is 11.8 Å². The van der Waals surface area contributed by atoms with E-state index in [-0.39, 0.29) is 11.7 Å². The average Bonchev–Trinajstić information content (AvgIpc) is 3.09. The molecular formula is C18H16F3N5O2S. The summed E-state index contributed by atoms with van der Waals surface area (Å²) < 4.78 is 42.3. The minimum atomic E-state index is -4.80. The summed E-state index contributed by atoms with van der Waals surface area (Å²) in [5.41, 5.74) is 1.18. The summed E-state index contributed by atoms with van der Waals surface area (Å²) in [6.45, 7) is 2.38. The van der Waals surface area contributed by atoms with Gasteiger partial charge < -0.3 is 14.6 Å². The van der Waals surface area contributed by atoms with E-state index in [1.54, 1.807) is 16.7 Å². The number of ether oxygens (including phenoxy) is 1. The van der Waals surface area contributed by atoms with Gasteiger partial charge in [0.1, 0.15) is 0 Å². The SMILES string of the molecule is CCn1c(SCC(=O)Nc2ccccc2)nnc1-c1ccc(OC(F)(F)F)nc1. The fraction of sp³-hybridized carbons (Fsp3) is 0.222. The van der Waals surface area contributed by atoms with Crippen molar-refractivity contribution in [1.82, 2.24) is 19.7 Å². The Morgan fingerprint density at radius 1 is 1.17 bits per heavy atom. The zero-order valence-electron chi connectivity index (χ0n) is 15.2. The average molecular weight is 423 g/mol. The van der Waals surface area contributed by atoms with Crippen molar-refractivity contribution in [2.24, 2.45) is 0 Å². The second-order valence-corrected chi connectivity index (χ2v) is 6.63.